The summed E-state index contributed by atoms with van der Waals surface area (Å²) in [7, 11) is 0. The lowest BCUT2D eigenvalue weighted by atomic mass is 10.1. The third-order valence-corrected chi connectivity index (χ3v) is 3.57. The molecule has 0 aliphatic carbocycles. The van der Waals surface area contributed by atoms with Gasteiger partial charge in [0.05, 0.1) is 6.61 Å². The summed E-state index contributed by atoms with van der Waals surface area (Å²) in [5, 5.41) is 0.469. The van der Waals surface area contributed by atoms with E-state index in [4.69, 9.17) is 16.3 Å². The average Bonchev–Trinajstić information content (AvgIpc) is 2.47. The van der Waals surface area contributed by atoms with Gasteiger partial charge in [0, 0.05) is 25.0 Å². The predicted octanol–water partition coefficient (Wildman–Crippen LogP) is 3.45. The normalized spacial score (nSPS) is 19.1. The van der Waals surface area contributed by atoms with Crippen molar-refractivity contribution in [3.8, 4) is 0 Å². The highest BCUT2D eigenvalue weighted by atomic mass is 35.5. The van der Waals surface area contributed by atoms with Crippen LogP contribution in [0.15, 0.2) is 42.6 Å². The van der Waals surface area contributed by atoms with Gasteiger partial charge in [-0.2, -0.15) is 0 Å². The fourth-order valence-electron chi connectivity index (χ4n) is 2.38. The smallest absolute Gasteiger partial charge is 0.131 e. The zero-order valence-corrected chi connectivity index (χ0v) is 11.6. The Morgan fingerprint density at radius 3 is 3.00 bits per heavy atom. The van der Waals surface area contributed by atoms with Crippen LogP contribution in [0.3, 0.4) is 0 Å². The van der Waals surface area contributed by atoms with Crippen LogP contribution >= 0.6 is 11.6 Å². The first-order valence-electron chi connectivity index (χ1n) is 6.46. The Labute approximate surface area is 122 Å². The molecule has 0 N–H and O–H groups in total. The van der Waals surface area contributed by atoms with Gasteiger partial charge in [0.2, 0.25) is 0 Å². The molecule has 1 aliphatic heterocycles. The molecule has 1 saturated heterocycles. The monoisotopic (exact) mass is 292 g/mol. The van der Waals surface area contributed by atoms with E-state index in [0.717, 1.165) is 17.8 Å². The Morgan fingerprint density at radius 1 is 1.30 bits per heavy atom. The Hall–Kier alpha value is -1.65. The van der Waals surface area contributed by atoms with Crippen LogP contribution < -0.4 is 4.90 Å². The second kappa shape index (κ2) is 5.77. The Kier molecular flexibility index (Phi) is 3.85. The number of nitrogens with zero attached hydrogens (tertiary/aromatic N) is 2. The van der Waals surface area contributed by atoms with Crippen LogP contribution in [0.25, 0.3) is 0 Å². The number of morpholine rings is 1. The molecule has 0 saturated carbocycles. The Balaban J connectivity index is 1.80. The van der Waals surface area contributed by atoms with Gasteiger partial charge in [0.1, 0.15) is 17.1 Å². The molecule has 1 aliphatic rings. The number of rotatable bonds is 2. The van der Waals surface area contributed by atoms with Crippen molar-refractivity contribution in [2.75, 3.05) is 24.6 Å². The minimum absolute atomic E-state index is 0.133. The summed E-state index contributed by atoms with van der Waals surface area (Å²) in [6, 6.07) is 10.3. The van der Waals surface area contributed by atoms with E-state index in [-0.39, 0.29) is 11.9 Å². The van der Waals surface area contributed by atoms with Crippen LogP contribution in [0, 0.1) is 5.82 Å². The number of anilines is 1. The average molecular weight is 293 g/mol. The highest BCUT2D eigenvalue weighted by Gasteiger charge is 2.22. The minimum Gasteiger partial charge on any atom is -0.370 e. The van der Waals surface area contributed by atoms with Crippen molar-refractivity contribution in [3.05, 3.63) is 59.1 Å². The maximum atomic E-state index is 13.3. The van der Waals surface area contributed by atoms with E-state index in [1.54, 1.807) is 12.3 Å². The maximum Gasteiger partial charge on any atom is 0.131 e. The molecule has 1 fully saturated rings. The molecule has 2 aromatic rings. The molecule has 1 unspecified atom stereocenters. The first kappa shape index (κ1) is 13.3. The van der Waals surface area contributed by atoms with Gasteiger partial charge in [-0.1, -0.05) is 23.7 Å². The number of halogens is 2. The predicted molar refractivity (Wildman–Crippen MR) is 76.6 cm³/mol. The Morgan fingerprint density at radius 2 is 2.20 bits per heavy atom. The third kappa shape index (κ3) is 2.92. The summed E-state index contributed by atoms with van der Waals surface area (Å²) in [6.07, 6.45) is 1.55. The van der Waals surface area contributed by atoms with Gasteiger partial charge in [0.15, 0.2) is 0 Å². The molecule has 0 spiro atoms. The van der Waals surface area contributed by atoms with E-state index < -0.39 is 0 Å². The van der Waals surface area contributed by atoms with Crippen LogP contribution in [0.2, 0.25) is 5.15 Å². The van der Waals surface area contributed by atoms with Crippen LogP contribution in [-0.4, -0.2) is 24.7 Å². The van der Waals surface area contributed by atoms with Crippen LogP contribution in [-0.2, 0) is 4.74 Å². The van der Waals surface area contributed by atoms with Gasteiger partial charge in [0.25, 0.3) is 0 Å². The van der Waals surface area contributed by atoms with Gasteiger partial charge in [-0.15, -0.1) is 0 Å². The molecule has 0 amide bonds. The zero-order chi connectivity index (χ0) is 13.9. The van der Waals surface area contributed by atoms with Gasteiger partial charge in [-0.25, -0.2) is 9.37 Å². The third-order valence-electron chi connectivity index (χ3n) is 3.36. The van der Waals surface area contributed by atoms with Crippen molar-refractivity contribution in [2.45, 2.75) is 6.10 Å². The maximum absolute atomic E-state index is 13.3. The molecule has 3 rings (SSSR count). The molecule has 5 heteroatoms. The van der Waals surface area contributed by atoms with Crippen molar-refractivity contribution in [1.29, 1.82) is 0 Å². The van der Waals surface area contributed by atoms with Crippen molar-refractivity contribution in [2.24, 2.45) is 0 Å². The van der Waals surface area contributed by atoms with E-state index in [1.165, 1.54) is 12.1 Å². The molecule has 1 atom stereocenters. The molecular weight excluding hydrogens is 279 g/mol. The summed E-state index contributed by atoms with van der Waals surface area (Å²) in [6.45, 7) is 2.05. The second-order valence-corrected chi connectivity index (χ2v) is 5.08. The summed E-state index contributed by atoms with van der Waals surface area (Å²) in [5.41, 5.74) is 1.87. The second-order valence-electron chi connectivity index (χ2n) is 4.70. The SMILES string of the molecule is Fc1cccc(C2CN(c3ccnc(Cl)c3)CCO2)c1. The van der Waals surface area contributed by atoms with Gasteiger partial charge in [-0.05, 0) is 29.8 Å². The molecule has 0 bridgehead atoms. The van der Waals surface area contributed by atoms with E-state index in [1.807, 2.05) is 18.2 Å². The largest absolute Gasteiger partial charge is 0.370 e. The highest BCUT2D eigenvalue weighted by Crippen LogP contribution is 2.27. The number of pyridine rings is 1. The highest BCUT2D eigenvalue weighted by molar-refractivity contribution is 6.29. The molecule has 1 aromatic heterocycles. The molecule has 3 nitrogen and oxygen atoms in total. The van der Waals surface area contributed by atoms with Crippen LogP contribution in [0.1, 0.15) is 11.7 Å². The quantitative estimate of drug-likeness (QED) is 0.793. The number of hydrogen-bond donors (Lipinski definition) is 0. The lowest BCUT2D eigenvalue weighted by Gasteiger charge is -2.34. The van der Waals surface area contributed by atoms with Crippen LogP contribution in [0.4, 0.5) is 10.1 Å². The van der Waals surface area contributed by atoms with E-state index >= 15 is 0 Å². The Bertz CT molecular complexity index is 556. The molecular formula is C15H14ClFN2O. The van der Waals surface area contributed by atoms with Crippen molar-refractivity contribution in [3.63, 3.8) is 0 Å². The summed E-state index contributed by atoms with van der Waals surface area (Å²) in [5.74, 6) is -0.241. The van der Waals surface area contributed by atoms with E-state index in [9.17, 15) is 4.39 Å². The lowest BCUT2D eigenvalue weighted by molar-refractivity contribution is 0.0396. The van der Waals surface area contributed by atoms with Gasteiger partial charge < -0.3 is 9.64 Å². The first-order chi connectivity index (χ1) is 9.72. The first-order valence-corrected chi connectivity index (χ1v) is 6.84. The number of benzene rings is 1. The summed E-state index contributed by atoms with van der Waals surface area (Å²) >= 11 is 5.92. The van der Waals surface area contributed by atoms with Gasteiger partial charge >= 0.3 is 0 Å². The number of aromatic nitrogens is 1. The molecule has 2 heterocycles. The number of ether oxygens (including phenoxy) is 1. The standard InChI is InChI=1S/C15H14ClFN2O/c16-15-9-13(4-5-18-15)19-6-7-20-14(10-19)11-2-1-3-12(17)8-11/h1-5,8-9,14H,6-7,10H2. The van der Waals surface area contributed by atoms with Crippen LogP contribution in [0.5, 0.6) is 0 Å². The fraction of sp³-hybridized carbons (Fsp3) is 0.267. The topological polar surface area (TPSA) is 25.4 Å². The fourth-order valence-corrected chi connectivity index (χ4v) is 2.55. The number of hydrogen-bond acceptors (Lipinski definition) is 3. The summed E-state index contributed by atoms with van der Waals surface area (Å²) in [4.78, 5) is 6.15. The summed E-state index contributed by atoms with van der Waals surface area (Å²) < 4.78 is 19.0. The van der Waals surface area contributed by atoms with Gasteiger partial charge in [-0.3, -0.25) is 0 Å². The molecule has 20 heavy (non-hydrogen) atoms. The van der Waals surface area contributed by atoms with Crippen molar-refractivity contribution < 1.29 is 9.13 Å². The van der Waals surface area contributed by atoms with E-state index in [0.29, 0.717) is 18.3 Å². The minimum atomic E-state index is -0.241. The van der Waals surface area contributed by atoms with Crippen molar-refractivity contribution >= 4 is 17.3 Å². The molecule has 0 radical (unpaired) electrons. The lowest BCUT2D eigenvalue weighted by Crippen LogP contribution is -2.38. The molecule has 104 valence electrons. The van der Waals surface area contributed by atoms with Crippen molar-refractivity contribution in [1.82, 2.24) is 4.98 Å². The molecule has 1 aromatic carbocycles. The van der Waals surface area contributed by atoms with E-state index in [2.05, 4.69) is 9.88 Å². The zero-order valence-electron chi connectivity index (χ0n) is 10.8.